The second-order valence-electron chi connectivity index (χ2n) is 4.28. The second-order valence-corrected chi connectivity index (χ2v) is 4.28. The van der Waals surface area contributed by atoms with Crippen molar-refractivity contribution < 1.29 is 9.84 Å². The van der Waals surface area contributed by atoms with Crippen LogP contribution in [0, 0.1) is 6.92 Å². The van der Waals surface area contributed by atoms with Crippen molar-refractivity contribution in [2.75, 3.05) is 32.2 Å². The molecule has 0 saturated carbocycles. The summed E-state index contributed by atoms with van der Waals surface area (Å²) in [5.74, 6) is 0.773. The number of benzene rings is 1. The van der Waals surface area contributed by atoms with E-state index in [1.807, 2.05) is 43.1 Å². The van der Waals surface area contributed by atoms with Gasteiger partial charge in [0.1, 0.15) is 11.3 Å². The fourth-order valence-electron chi connectivity index (χ4n) is 2.08. The molecule has 4 nitrogen and oxygen atoms in total. The number of aromatic nitrogens is 1. The Morgan fingerprint density at radius 3 is 2.83 bits per heavy atom. The molecule has 0 aliphatic heterocycles. The van der Waals surface area contributed by atoms with Gasteiger partial charge in [0.25, 0.3) is 0 Å². The lowest BCUT2D eigenvalue weighted by Crippen LogP contribution is -2.21. The lowest BCUT2D eigenvalue weighted by molar-refractivity contribution is 0.304. The highest BCUT2D eigenvalue weighted by molar-refractivity contribution is 5.95. The van der Waals surface area contributed by atoms with Crippen LogP contribution in [-0.4, -0.2) is 37.4 Å². The van der Waals surface area contributed by atoms with E-state index in [1.165, 1.54) is 0 Å². The number of fused-ring (bicyclic) bond motifs is 1. The highest BCUT2D eigenvalue weighted by Crippen LogP contribution is 2.31. The molecular formula is C14H18N2O2. The van der Waals surface area contributed by atoms with Gasteiger partial charge in [0.15, 0.2) is 0 Å². The number of nitrogens with zero attached hydrogens (tertiary/aromatic N) is 2. The van der Waals surface area contributed by atoms with Crippen molar-refractivity contribution in [2.45, 2.75) is 6.92 Å². The van der Waals surface area contributed by atoms with Crippen molar-refractivity contribution in [1.29, 1.82) is 0 Å². The Kier molecular flexibility index (Phi) is 3.67. The number of anilines is 1. The van der Waals surface area contributed by atoms with Crippen molar-refractivity contribution >= 4 is 16.6 Å². The van der Waals surface area contributed by atoms with Crippen LogP contribution >= 0.6 is 0 Å². The van der Waals surface area contributed by atoms with Gasteiger partial charge in [-0.3, -0.25) is 0 Å². The average molecular weight is 246 g/mol. The predicted octanol–water partition coefficient (Wildman–Crippen LogP) is 1.98. The summed E-state index contributed by atoms with van der Waals surface area (Å²) in [5.41, 5.74) is 2.86. The predicted molar refractivity (Wildman–Crippen MR) is 73.4 cm³/mol. The largest absolute Gasteiger partial charge is 0.494 e. The van der Waals surface area contributed by atoms with Gasteiger partial charge in [-0.25, -0.2) is 4.98 Å². The van der Waals surface area contributed by atoms with Crippen LogP contribution in [0.1, 0.15) is 5.69 Å². The molecule has 2 rings (SSSR count). The van der Waals surface area contributed by atoms with Crippen LogP contribution in [0.3, 0.4) is 0 Å². The van der Waals surface area contributed by atoms with E-state index in [2.05, 4.69) is 4.98 Å². The molecule has 0 fully saturated rings. The van der Waals surface area contributed by atoms with E-state index in [-0.39, 0.29) is 6.61 Å². The summed E-state index contributed by atoms with van der Waals surface area (Å²) in [5, 5.41) is 10.1. The normalized spacial score (nSPS) is 10.7. The van der Waals surface area contributed by atoms with Crippen LogP contribution in [0.15, 0.2) is 24.3 Å². The van der Waals surface area contributed by atoms with Gasteiger partial charge in [-0.1, -0.05) is 12.1 Å². The molecular weight excluding hydrogens is 228 g/mol. The molecule has 0 spiro atoms. The van der Waals surface area contributed by atoms with Crippen molar-refractivity contribution in [2.24, 2.45) is 0 Å². The summed E-state index contributed by atoms with van der Waals surface area (Å²) in [6.07, 6.45) is 0. The number of aryl methyl sites for hydroxylation is 1. The van der Waals surface area contributed by atoms with E-state index in [0.717, 1.165) is 28.0 Å². The zero-order valence-electron chi connectivity index (χ0n) is 11.0. The maximum absolute atomic E-state index is 9.06. The van der Waals surface area contributed by atoms with Crippen molar-refractivity contribution in [3.05, 3.63) is 30.0 Å². The summed E-state index contributed by atoms with van der Waals surface area (Å²) >= 11 is 0. The molecule has 2 aromatic rings. The van der Waals surface area contributed by atoms with Crippen molar-refractivity contribution in [3.8, 4) is 5.75 Å². The Morgan fingerprint density at radius 1 is 1.39 bits per heavy atom. The van der Waals surface area contributed by atoms with Crippen LogP contribution in [0.2, 0.25) is 0 Å². The molecule has 1 aromatic heterocycles. The number of likely N-dealkylation sites (N-methyl/N-ethyl adjacent to an activating group) is 1. The smallest absolute Gasteiger partial charge is 0.145 e. The number of para-hydroxylation sites is 1. The Balaban J connectivity index is 2.66. The molecule has 0 aliphatic carbocycles. The minimum absolute atomic E-state index is 0.128. The Hall–Kier alpha value is -1.81. The third-order valence-corrected chi connectivity index (χ3v) is 2.98. The summed E-state index contributed by atoms with van der Waals surface area (Å²) in [4.78, 5) is 6.56. The molecule has 0 aliphatic rings. The Bertz CT molecular complexity index is 555. The number of pyridine rings is 1. The Labute approximate surface area is 107 Å². The maximum Gasteiger partial charge on any atom is 0.145 e. The molecule has 96 valence electrons. The van der Waals surface area contributed by atoms with Crippen LogP contribution in [-0.2, 0) is 0 Å². The van der Waals surface area contributed by atoms with Crippen molar-refractivity contribution in [1.82, 2.24) is 4.98 Å². The zero-order valence-corrected chi connectivity index (χ0v) is 11.0. The van der Waals surface area contributed by atoms with Gasteiger partial charge in [0.05, 0.1) is 13.7 Å². The van der Waals surface area contributed by atoms with Crippen LogP contribution in [0.4, 0.5) is 5.69 Å². The van der Waals surface area contributed by atoms with Crippen molar-refractivity contribution in [3.63, 3.8) is 0 Å². The summed E-state index contributed by atoms with van der Waals surface area (Å²) in [6.45, 7) is 2.68. The third kappa shape index (κ3) is 2.24. The van der Waals surface area contributed by atoms with E-state index in [1.54, 1.807) is 7.11 Å². The van der Waals surface area contributed by atoms with E-state index in [0.29, 0.717) is 6.54 Å². The third-order valence-electron chi connectivity index (χ3n) is 2.98. The van der Waals surface area contributed by atoms with Crippen LogP contribution < -0.4 is 9.64 Å². The Morgan fingerprint density at radius 2 is 2.17 bits per heavy atom. The molecule has 18 heavy (non-hydrogen) atoms. The highest BCUT2D eigenvalue weighted by Gasteiger charge is 2.11. The molecule has 0 saturated heterocycles. The van der Waals surface area contributed by atoms with E-state index in [9.17, 15) is 0 Å². The first-order chi connectivity index (χ1) is 8.67. The quantitative estimate of drug-likeness (QED) is 0.896. The summed E-state index contributed by atoms with van der Waals surface area (Å²) < 4.78 is 5.35. The molecule has 0 amide bonds. The SMILES string of the molecule is COc1cccc2c(N(C)CCO)cc(C)nc12. The fraction of sp³-hybridized carbons (Fsp3) is 0.357. The van der Waals surface area contributed by atoms with Gasteiger partial charge in [-0.2, -0.15) is 0 Å². The maximum atomic E-state index is 9.06. The fourth-order valence-corrected chi connectivity index (χ4v) is 2.08. The lowest BCUT2D eigenvalue weighted by Gasteiger charge is -2.21. The van der Waals surface area contributed by atoms with E-state index in [4.69, 9.17) is 9.84 Å². The number of rotatable bonds is 4. The molecule has 0 radical (unpaired) electrons. The molecule has 1 aromatic carbocycles. The van der Waals surface area contributed by atoms with E-state index >= 15 is 0 Å². The summed E-state index contributed by atoms with van der Waals surface area (Å²) in [6, 6.07) is 7.91. The zero-order chi connectivity index (χ0) is 13.1. The number of methoxy groups -OCH3 is 1. The highest BCUT2D eigenvalue weighted by atomic mass is 16.5. The molecule has 1 N–H and O–H groups in total. The van der Waals surface area contributed by atoms with Gasteiger partial charge >= 0.3 is 0 Å². The number of hydrogen-bond donors (Lipinski definition) is 1. The minimum atomic E-state index is 0.128. The standard InChI is InChI=1S/C14H18N2O2/c1-10-9-12(16(2)7-8-17)11-5-4-6-13(18-3)14(11)15-10/h4-6,9,17H,7-8H2,1-3H3. The number of hydrogen-bond acceptors (Lipinski definition) is 4. The number of aliphatic hydroxyl groups is 1. The second kappa shape index (κ2) is 5.23. The van der Waals surface area contributed by atoms with Gasteiger partial charge in [-0.15, -0.1) is 0 Å². The molecule has 0 unspecified atom stereocenters. The molecule has 0 atom stereocenters. The first-order valence-electron chi connectivity index (χ1n) is 5.93. The van der Waals surface area contributed by atoms with Gasteiger partial charge in [-0.05, 0) is 19.1 Å². The van der Waals surface area contributed by atoms with Gasteiger partial charge in [0, 0.05) is 30.4 Å². The molecule has 4 heteroatoms. The van der Waals surface area contributed by atoms with Gasteiger partial charge in [0.2, 0.25) is 0 Å². The first kappa shape index (κ1) is 12.6. The minimum Gasteiger partial charge on any atom is -0.494 e. The van der Waals surface area contributed by atoms with Crippen LogP contribution in [0.25, 0.3) is 10.9 Å². The average Bonchev–Trinajstić information content (AvgIpc) is 2.37. The van der Waals surface area contributed by atoms with E-state index < -0.39 is 0 Å². The topological polar surface area (TPSA) is 45.6 Å². The monoisotopic (exact) mass is 246 g/mol. The molecule has 1 heterocycles. The molecule has 0 bridgehead atoms. The first-order valence-corrected chi connectivity index (χ1v) is 5.93. The lowest BCUT2D eigenvalue weighted by atomic mass is 10.1. The number of aliphatic hydroxyl groups excluding tert-OH is 1. The van der Waals surface area contributed by atoms with Gasteiger partial charge < -0.3 is 14.7 Å². The van der Waals surface area contributed by atoms with Crippen LogP contribution in [0.5, 0.6) is 5.75 Å². The number of ether oxygens (including phenoxy) is 1. The summed E-state index contributed by atoms with van der Waals surface area (Å²) in [7, 11) is 3.61.